The molecule has 4 N–H and O–H groups in total. The molecule has 0 fully saturated rings. The smallest absolute Gasteiger partial charge is 0.270 e. The molecule has 1 aliphatic rings. The maximum atomic E-state index is 12.1. The fourth-order valence-corrected chi connectivity index (χ4v) is 2.13. The third-order valence-corrected chi connectivity index (χ3v) is 3.17. The zero-order valence-corrected chi connectivity index (χ0v) is 10.7. The normalized spacial score (nSPS) is 16.1. The monoisotopic (exact) mass is 270 g/mol. The van der Waals surface area contributed by atoms with Crippen molar-refractivity contribution in [1.29, 1.82) is 0 Å². The number of nitrogens with two attached hydrogens (primary N) is 1. The lowest BCUT2D eigenvalue weighted by Gasteiger charge is -2.11. The van der Waals surface area contributed by atoms with Gasteiger partial charge < -0.3 is 15.5 Å². The Morgan fingerprint density at radius 2 is 2.15 bits per heavy atom. The maximum absolute atomic E-state index is 12.1. The number of nitrogen functional groups attached to an aromatic ring is 1. The minimum absolute atomic E-state index is 0.146. The Morgan fingerprint density at radius 1 is 1.30 bits per heavy atom. The number of nitrogens with zero attached hydrogens (tertiary/aromatic N) is 1. The number of carbonyl (C=O) groups is 1. The Bertz CT molecular complexity index is 627. The van der Waals surface area contributed by atoms with Crippen molar-refractivity contribution in [2.24, 2.45) is 5.84 Å². The van der Waals surface area contributed by atoms with Gasteiger partial charge in [0.05, 0.1) is 17.9 Å². The Kier molecular flexibility index (Phi) is 3.22. The molecule has 0 bridgehead atoms. The van der Waals surface area contributed by atoms with Crippen molar-refractivity contribution in [3.8, 4) is 5.75 Å². The first kappa shape index (κ1) is 12.4. The van der Waals surface area contributed by atoms with E-state index in [1.54, 1.807) is 12.1 Å². The summed E-state index contributed by atoms with van der Waals surface area (Å²) in [6.07, 6.45) is 1.51. The molecule has 1 aromatic heterocycles. The molecule has 6 nitrogen and oxygen atoms in total. The van der Waals surface area contributed by atoms with Crippen LogP contribution in [-0.2, 0) is 0 Å². The van der Waals surface area contributed by atoms with Gasteiger partial charge in [0.25, 0.3) is 5.91 Å². The Labute approximate surface area is 115 Å². The molecule has 3 rings (SSSR count). The van der Waals surface area contributed by atoms with Crippen LogP contribution in [0.15, 0.2) is 42.6 Å². The molecule has 6 heteroatoms. The molecule has 0 aliphatic carbocycles. The minimum Gasteiger partial charge on any atom is -0.491 e. The topological polar surface area (TPSA) is 89.3 Å². The fraction of sp³-hybridized carbons (Fsp3) is 0.143. The van der Waals surface area contributed by atoms with E-state index in [1.807, 2.05) is 24.3 Å². The van der Waals surface area contributed by atoms with E-state index < -0.39 is 0 Å². The SMILES string of the molecule is NNc1ccc(C(=O)NC2COc3ccccc32)nc1. The van der Waals surface area contributed by atoms with Gasteiger partial charge in [-0.3, -0.25) is 10.6 Å². The summed E-state index contributed by atoms with van der Waals surface area (Å²) in [5.41, 5.74) is 4.44. The van der Waals surface area contributed by atoms with Crippen LogP contribution in [0.1, 0.15) is 22.1 Å². The van der Waals surface area contributed by atoms with Crippen LogP contribution >= 0.6 is 0 Å². The summed E-state index contributed by atoms with van der Waals surface area (Å²) in [5, 5.41) is 2.91. The van der Waals surface area contributed by atoms with Crippen molar-refractivity contribution in [2.75, 3.05) is 12.0 Å². The number of amides is 1. The Hall–Kier alpha value is -2.60. The zero-order chi connectivity index (χ0) is 13.9. The van der Waals surface area contributed by atoms with Gasteiger partial charge >= 0.3 is 0 Å². The van der Waals surface area contributed by atoms with Crippen LogP contribution in [0.5, 0.6) is 5.75 Å². The number of benzene rings is 1. The van der Waals surface area contributed by atoms with Crippen LogP contribution in [0.4, 0.5) is 5.69 Å². The van der Waals surface area contributed by atoms with Crippen LogP contribution in [0, 0.1) is 0 Å². The van der Waals surface area contributed by atoms with Crippen molar-refractivity contribution < 1.29 is 9.53 Å². The van der Waals surface area contributed by atoms with E-state index in [2.05, 4.69) is 15.7 Å². The highest BCUT2D eigenvalue weighted by Crippen LogP contribution is 2.31. The second kappa shape index (κ2) is 5.18. The van der Waals surface area contributed by atoms with Gasteiger partial charge in [-0.2, -0.15) is 0 Å². The van der Waals surface area contributed by atoms with Crippen LogP contribution in [0.2, 0.25) is 0 Å². The lowest BCUT2D eigenvalue weighted by molar-refractivity contribution is 0.0925. The standard InChI is InChI=1S/C14H14N4O2/c15-18-9-5-6-11(16-7-9)14(19)17-12-8-20-13-4-2-1-3-10(12)13/h1-7,12,18H,8,15H2,(H,17,19). The lowest BCUT2D eigenvalue weighted by atomic mass is 10.1. The van der Waals surface area contributed by atoms with E-state index in [0.717, 1.165) is 11.3 Å². The first-order valence-corrected chi connectivity index (χ1v) is 6.23. The van der Waals surface area contributed by atoms with Crippen molar-refractivity contribution in [3.63, 3.8) is 0 Å². The van der Waals surface area contributed by atoms with Gasteiger partial charge in [0.2, 0.25) is 0 Å². The fourth-order valence-electron chi connectivity index (χ4n) is 2.13. The van der Waals surface area contributed by atoms with Gasteiger partial charge in [0.1, 0.15) is 18.1 Å². The van der Waals surface area contributed by atoms with Gasteiger partial charge in [-0.15, -0.1) is 0 Å². The summed E-state index contributed by atoms with van der Waals surface area (Å²) >= 11 is 0. The highest BCUT2D eigenvalue weighted by atomic mass is 16.5. The molecule has 1 atom stereocenters. The highest BCUT2D eigenvalue weighted by molar-refractivity contribution is 5.92. The van der Waals surface area contributed by atoms with Gasteiger partial charge in [0.15, 0.2) is 0 Å². The third-order valence-electron chi connectivity index (χ3n) is 3.17. The average Bonchev–Trinajstić information content (AvgIpc) is 2.91. The summed E-state index contributed by atoms with van der Waals surface area (Å²) in [7, 11) is 0. The molecule has 0 saturated carbocycles. The summed E-state index contributed by atoms with van der Waals surface area (Å²) in [4.78, 5) is 16.2. The Morgan fingerprint density at radius 3 is 2.90 bits per heavy atom. The molecular formula is C14H14N4O2. The number of ether oxygens (including phenoxy) is 1. The van der Waals surface area contributed by atoms with Gasteiger partial charge in [0, 0.05) is 5.56 Å². The van der Waals surface area contributed by atoms with E-state index in [9.17, 15) is 4.79 Å². The molecule has 20 heavy (non-hydrogen) atoms. The number of hydrazine groups is 1. The molecular weight excluding hydrogens is 256 g/mol. The van der Waals surface area contributed by atoms with Gasteiger partial charge in [-0.25, -0.2) is 4.98 Å². The number of rotatable bonds is 3. The van der Waals surface area contributed by atoms with Crippen LogP contribution in [0.25, 0.3) is 0 Å². The molecule has 1 unspecified atom stereocenters. The number of anilines is 1. The molecule has 2 aromatic rings. The van der Waals surface area contributed by atoms with E-state index in [1.165, 1.54) is 6.20 Å². The second-order valence-electron chi connectivity index (χ2n) is 4.45. The number of hydrogen-bond donors (Lipinski definition) is 3. The molecule has 0 spiro atoms. The molecule has 0 saturated heterocycles. The van der Waals surface area contributed by atoms with E-state index in [-0.39, 0.29) is 11.9 Å². The van der Waals surface area contributed by atoms with E-state index in [4.69, 9.17) is 10.6 Å². The van der Waals surface area contributed by atoms with Gasteiger partial charge in [-0.1, -0.05) is 18.2 Å². The predicted octanol–water partition coefficient (Wildman–Crippen LogP) is 1.23. The summed E-state index contributed by atoms with van der Waals surface area (Å²) in [6.45, 7) is 0.438. The van der Waals surface area contributed by atoms with Crippen LogP contribution in [0.3, 0.4) is 0 Å². The van der Waals surface area contributed by atoms with Crippen LogP contribution in [-0.4, -0.2) is 17.5 Å². The Balaban J connectivity index is 1.73. The molecule has 0 radical (unpaired) electrons. The first-order valence-electron chi connectivity index (χ1n) is 6.23. The summed E-state index contributed by atoms with van der Waals surface area (Å²) < 4.78 is 5.52. The minimum atomic E-state index is -0.237. The molecule has 102 valence electrons. The maximum Gasteiger partial charge on any atom is 0.270 e. The number of para-hydroxylation sites is 1. The van der Waals surface area contributed by atoms with Crippen molar-refractivity contribution >= 4 is 11.6 Å². The number of carbonyl (C=O) groups excluding carboxylic acids is 1. The molecule has 1 aromatic carbocycles. The molecule has 1 aliphatic heterocycles. The largest absolute Gasteiger partial charge is 0.491 e. The zero-order valence-electron chi connectivity index (χ0n) is 10.7. The van der Waals surface area contributed by atoms with E-state index >= 15 is 0 Å². The molecule has 1 amide bonds. The number of hydrogen-bond acceptors (Lipinski definition) is 5. The number of pyridine rings is 1. The number of nitrogens with one attached hydrogen (secondary N) is 2. The van der Waals surface area contributed by atoms with Gasteiger partial charge in [-0.05, 0) is 18.2 Å². The predicted molar refractivity (Wildman–Crippen MR) is 74.2 cm³/mol. The van der Waals surface area contributed by atoms with E-state index in [0.29, 0.717) is 18.0 Å². The van der Waals surface area contributed by atoms with Crippen molar-refractivity contribution in [2.45, 2.75) is 6.04 Å². The average molecular weight is 270 g/mol. The second-order valence-corrected chi connectivity index (χ2v) is 4.45. The number of fused-ring (bicyclic) bond motifs is 1. The van der Waals surface area contributed by atoms with Crippen molar-refractivity contribution in [3.05, 3.63) is 53.9 Å². The quantitative estimate of drug-likeness (QED) is 0.576. The third kappa shape index (κ3) is 2.28. The van der Waals surface area contributed by atoms with Crippen LogP contribution < -0.4 is 21.3 Å². The molecule has 2 heterocycles. The van der Waals surface area contributed by atoms with Crippen molar-refractivity contribution in [1.82, 2.24) is 10.3 Å². The number of aromatic nitrogens is 1. The highest BCUT2D eigenvalue weighted by Gasteiger charge is 2.25. The summed E-state index contributed by atoms with van der Waals surface area (Å²) in [6, 6.07) is 10.8. The first-order chi connectivity index (χ1) is 9.78. The lowest BCUT2D eigenvalue weighted by Crippen LogP contribution is -2.30. The summed E-state index contributed by atoms with van der Waals surface area (Å²) in [5.74, 6) is 5.83.